The minimum atomic E-state index is 0.589. The number of piperidine rings is 1. The Morgan fingerprint density at radius 2 is 2.39 bits per heavy atom. The van der Waals surface area contributed by atoms with Gasteiger partial charge in [0, 0.05) is 19.0 Å². The number of thiophene rings is 1. The predicted octanol–water partition coefficient (Wildman–Crippen LogP) is 3.45. The molecule has 1 aliphatic heterocycles. The van der Waals surface area contributed by atoms with Gasteiger partial charge in [0.15, 0.2) is 0 Å². The van der Waals surface area contributed by atoms with Gasteiger partial charge in [0.1, 0.15) is 12.1 Å². The first-order valence-corrected chi connectivity index (χ1v) is 7.70. The van der Waals surface area contributed by atoms with Gasteiger partial charge < -0.3 is 4.90 Å². The molecular weight excluding hydrogens is 266 g/mol. The van der Waals surface area contributed by atoms with E-state index in [1.54, 1.807) is 17.7 Å². The second-order valence-corrected chi connectivity index (χ2v) is 6.09. The average molecular weight is 282 g/mol. The molecule has 5 heteroatoms. The van der Waals surface area contributed by atoms with Gasteiger partial charge in [0.2, 0.25) is 0 Å². The summed E-state index contributed by atoms with van der Waals surface area (Å²) in [5.41, 5.74) is 2.34. The highest BCUT2D eigenvalue weighted by atomic mass is 35.5. The van der Waals surface area contributed by atoms with Crippen LogP contribution in [0.15, 0.2) is 11.7 Å². The lowest BCUT2D eigenvalue weighted by molar-refractivity contribution is 0.449. The molecule has 0 radical (unpaired) electrons. The minimum Gasteiger partial charge on any atom is -0.355 e. The van der Waals surface area contributed by atoms with Crippen LogP contribution in [0.2, 0.25) is 0 Å². The van der Waals surface area contributed by atoms with Crippen LogP contribution in [0.3, 0.4) is 0 Å². The predicted molar refractivity (Wildman–Crippen MR) is 77.8 cm³/mol. The van der Waals surface area contributed by atoms with Crippen LogP contribution in [0.1, 0.15) is 18.4 Å². The number of hydrogen-bond donors (Lipinski definition) is 0. The number of halogens is 1. The third-order valence-corrected chi connectivity index (χ3v) is 5.07. The lowest BCUT2D eigenvalue weighted by Crippen LogP contribution is -2.36. The molecule has 1 aliphatic rings. The highest BCUT2D eigenvalue weighted by Crippen LogP contribution is 2.33. The van der Waals surface area contributed by atoms with E-state index in [1.807, 2.05) is 0 Å². The highest BCUT2D eigenvalue weighted by Gasteiger charge is 2.22. The molecule has 2 aromatic rings. The molecular formula is C13H16ClN3S. The Morgan fingerprint density at radius 1 is 1.50 bits per heavy atom. The Hall–Kier alpha value is -0.870. The first-order chi connectivity index (χ1) is 8.79. The number of nitrogens with zero attached hydrogens (tertiary/aromatic N) is 3. The van der Waals surface area contributed by atoms with E-state index in [0.29, 0.717) is 5.92 Å². The summed E-state index contributed by atoms with van der Waals surface area (Å²) in [5, 5.41) is 2.16. The maximum atomic E-state index is 6.00. The topological polar surface area (TPSA) is 29.0 Å². The van der Waals surface area contributed by atoms with E-state index in [9.17, 15) is 0 Å². The minimum absolute atomic E-state index is 0.589. The van der Waals surface area contributed by atoms with Gasteiger partial charge in [0.25, 0.3) is 0 Å². The molecule has 1 saturated heterocycles. The zero-order valence-electron chi connectivity index (χ0n) is 10.4. The first-order valence-electron chi connectivity index (χ1n) is 6.29. The van der Waals surface area contributed by atoms with Crippen LogP contribution in [-0.2, 0) is 0 Å². The number of alkyl halides is 1. The molecule has 0 N–H and O–H groups in total. The molecule has 0 aromatic carbocycles. The van der Waals surface area contributed by atoms with Gasteiger partial charge in [-0.2, -0.15) is 0 Å². The summed E-state index contributed by atoms with van der Waals surface area (Å²) in [5.74, 6) is 2.42. The van der Waals surface area contributed by atoms with Gasteiger partial charge in [-0.05, 0) is 36.6 Å². The van der Waals surface area contributed by atoms with Crippen molar-refractivity contribution in [1.29, 1.82) is 0 Å². The zero-order chi connectivity index (χ0) is 12.5. The lowest BCUT2D eigenvalue weighted by Gasteiger charge is -2.32. The molecule has 1 unspecified atom stereocenters. The molecule has 3 heterocycles. The van der Waals surface area contributed by atoms with E-state index in [-0.39, 0.29) is 0 Å². The van der Waals surface area contributed by atoms with E-state index >= 15 is 0 Å². The number of rotatable bonds is 2. The molecule has 3 rings (SSSR count). The summed E-state index contributed by atoms with van der Waals surface area (Å²) in [6.45, 7) is 4.20. The summed E-state index contributed by atoms with van der Waals surface area (Å²) < 4.78 is 1.21. The summed E-state index contributed by atoms with van der Waals surface area (Å²) in [6, 6.07) is 0. The molecule has 0 bridgehead atoms. The van der Waals surface area contributed by atoms with E-state index in [0.717, 1.165) is 30.3 Å². The van der Waals surface area contributed by atoms with E-state index < -0.39 is 0 Å². The quantitative estimate of drug-likeness (QED) is 0.790. The highest BCUT2D eigenvalue weighted by molar-refractivity contribution is 7.18. The Morgan fingerprint density at radius 3 is 3.22 bits per heavy atom. The van der Waals surface area contributed by atoms with E-state index in [4.69, 9.17) is 11.6 Å². The SMILES string of the molecule is Cc1csc2c(N3CCCC(CCl)C3)ncnc12. The molecule has 18 heavy (non-hydrogen) atoms. The fourth-order valence-electron chi connectivity index (χ4n) is 2.57. The van der Waals surface area contributed by atoms with Crippen molar-refractivity contribution in [2.75, 3.05) is 23.9 Å². The molecule has 1 atom stereocenters. The molecule has 3 nitrogen and oxygen atoms in total. The first kappa shape index (κ1) is 12.2. The van der Waals surface area contributed by atoms with Crippen molar-refractivity contribution < 1.29 is 0 Å². The Kier molecular flexibility index (Phi) is 3.39. The van der Waals surface area contributed by atoms with Crippen LogP contribution < -0.4 is 4.90 Å². The van der Waals surface area contributed by atoms with Crippen molar-refractivity contribution in [3.05, 3.63) is 17.3 Å². The molecule has 0 saturated carbocycles. The number of hydrogen-bond acceptors (Lipinski definition) is 4. The number of aromatic nitrogens is 2. The fraction of sp³-hybridized carbons (Fsp3) is 0.538. The van der Waals surface area contributed by atoms with Gasteiger partial charge >= 0.3 is 0 Å². The number of aryl methyl sites for hydroxylation is 1. The largest absolute Gasteiger partial charge is 0.355 e. The maximum absolute atomic E-state index is 6.00. The van der Waals surface area contributed by atoms with Crippen molar-refractivity contribution in [1.82, 2.24) is 9.97 Å². The third kappa shape index (κ3) is 2.08. The van der Waals surface area contributed by atoms with Crippen molar-refractivity contribution in [2.45, 2.75) is 19.8 Å². The second-order valence-electron chi connectivity index (χ2n) is 4.90. The van der Waals surface area contributed by atoms with Crippen LogP contribution in [0.4, 0.5) is 5.82 Å². The summed E-state index contributed by atoms with van der Waals surface area (Å²) in [7, 11) is 0. The van der Waals surface area contributed by atoms with Crippen LogP contribution in [0.5, 0.6) is 0 Å². The summed E-state index contributed by atoms with van der Waals surface area (Å²) in [6.07, 6.45) is 4.12. The monoisotopic (exact) mass is 281 g/mol. The van der Waals surface area contributed by atoms with Gasteiger partial charge in [-0.3, -0.25) is 0 Å². The summed E-state index contributed by atoms with van der Waals surface area (Å²) in [4.78, 5) is 11.2. The Balaban J connectivity index is 1.98. The third-order valence-electron chi connectivity index (χ3n) is 3.55. The average Bonchev–Trinajstić information content (AvgIpc) is 2.81. The standard InChI is InChI=1S/C13H16ClN3S/c1-9-7-18-12-11(9)15-8-16-13(12)17-4-2-3-10(5-14)6-17/h7-8,10H,2-6H2,1H3. The molecule has 0 amide bonds. The number of fused-ring (bicyclic) bond motifs is 1. The zero-order valence-corrected chi connectivity index (χ0v) is 12.0. The van der Waals surface area contributed by atoms with Crippen LogP contribution in [0, 0.1) is 12.8 Å². The fourth-order valence-corrected chi connectivity index (χ4v) is 3.84. The Labute approximate surface area is 116 Å². The summed E-state index contributed by atoms with van der Waals surface area (Å²) >= 11 is 7.74. The lowest BCUT2D eigenvalue weighted by atomic mass is 10.0. The van der Waals surface area contributed by atoms with Crippen molar-refractivity contribution in [2.24, 2.45) is 5.92 Å². The van der Waals surface area contributed by atoms with Gasteiger partial charge in [-0.25, -0.2) is 9.97 Å². The Bertz CT molecular complexity index is 554. The van der Waals surface area contributed by atoms with Gasteiger partial charge in [-0.1, -0.05) is 0 Å². The van der Waals surface area contributed by atoms with Crippen molar-refractivity contribution in [3.63, 3.8) is 0 Å². The maximum Gasteiger partial charge on any atom is 0.150 e. The normalized spacial score (nSPS) is 20.6. The van der Waals surface area contributed by atoms with Crippen LogP contribution in [0.25, 0.3) is 10.2 Å². The van der Waals surface area contributed by atoms with Crippen LogP contribution in [-0.4, -0.2) is 28.9 Å². The molecule has 0 spiro atoms. The smallest absolute Gasteiger partial charge is 0.150 e. The molecule has 2 aromatic heterocycles. The van der Waals surface area contributed by atoms with E-state index in [1.165, 1.54) is 23.1 Å². The second kappa shape index (κ2) is 5.02. The van der Waals surface area contributed by atoms with Crippen molar-refractivity contribution >= 4 is 39.0 Å². The van der Waals surface area contributed by atoms with Crippen LogP contribution >= 0.6 is 22.9 Å². The van der Waals surface area contributed by atoms with Crippen molar-refractivity contribution in [3.8, 4) is 0 Å². The number of anilines is 1. The van der Waals surface area contributed by atoms with Gasteiger partial charge in [0.05, 0.1) is 10.2 Å². The van der Waals surface area contributed by atoms with Gasteiger partial charge in [-0.15, -0.1) is 22.9 Å². The molecule has 96 valence electrons. The molecule has 0 aliphatic carbocycles. The molecule has 1 fully saturated rings. The van der Waals surface area contributed by atoms with E-state index in [2.05, 4.69) is 27.2 Å².